The number of carbonyl (C=O) groups excluding carboxylic acids is 1. The molecule has 0 unspecified atom stereocenters. The molecule has 0 radical (unpaired) electrons. The number of pyridine rings is 1. The van der Waals surface area contributed by atoms with Gasteiger partial charge in [0.25, 0.3) is 0 Å². The lowest BCUT2D eigenvalue weighted by molar-refractivity contribution is 0.0988. The molecular weight excluding hydrogens is 488 g/mol. The maximum atomic E-state index is 12.7. The van der Waals surface area contributed by atoms with Crippen LogP contribution < -0.4 is 15.4 Å². The highest BCUT2D eigenvalue weighted by atomic mass is 32.1. The number of hydrogen-bond acceptors (Lipinski definition) is 10. The van der Waals surface area contributed by atoms with Gasteiger partial charge in [0.05, 0.1) is 29.6 Å². The molecule has 192 valence electrons. The molecule has 37 heavy (non-hydrogen) atoms. The number of rotatable bonds is 10. The summed E-state index contributed by atoms with van der Waals surface area (Å²) in [5, 5.41) is 11.1. The molecule has 0 aliphatic carbocycles. The summed E-state index contributed by atoms with van der Waals surface area (Å²) in [7, 11) is 3.42. The first-order valence-corrected chi connectivity index (χ1v) is 13.1. The zero-order chi connectivity index (χ0) is 25.8. The first-order valence-electron chi connectivity index (χ1n) is 12.3. The van der Waals surface area contributed by atoms with Crippen LogP contribution in [-0.4, -0.2) is 55.0 Å². The molecule has 1 aliphatic heterocycles. The standard InChI is InChI=1S/C26H30N8O2S/c1-4-22(35)19-14-27-23(30-24-12-17(37-32-24)15-34-10-5-6-11-34)13-21(19)29-20-9-7-8-18(25(20)36-3)26-28-16-33(2)31-26/h7-9,12-14,16H,4-6,10-11,15H2,1-3H3,(H2,27,29,30,32). The van der Waals surface area contributed by atoms with E-state index < -0.39 is 0 Å². The third-order valence-electron chi connectivity index (χ3n) is 6.25. The predicted molar refractivity (Wildman–Crippen MR) is 145 cm³/mol. The van der Waals surface area contributed by atoms with Crippen LogP contribution in [0.1, 0.15) is 41.4 Å². The highest BCUT2D eigenvalue weighted by Gasteiger charge is 2.18. The first kappa shape index (κ1) is 24.8. The highest BCUT2D eigenvalue weighted by Crippen LogP contribution is 2.37. The molecule has 0 saturated carbocycles. The number of nitrogens with zero attached hydrogens (tertiary/aromatic N) is 6. The van der Waals surface area contributed by atoms with E-state index in [0.29, 0.717) is 40.8 Å². The van der Waals surface area contributed by atoms with Gasteiger partial charge in [-0.15, -0.1) is 0 Å². The number of nitrogens with one attached hydrogen (secondary N) is 2. The molecule has 1 fully saturated rings. The third-order valence-corrected chi connectivity index (χ3v) is 7.02. The minimum Gasteiger partial charge on any atom is -0.494 e. The Kier molecular flexibility index (Phi) is 7.42. The molecule has 1 aliphatic rings. The van der Waals surface area contributed by atoms with Crippen molar-refractivity contribution in [1.82, 2.24) is 29.0 Å². The highest BCUT2D eigenvalue weighted by molar-refractivity contribution is 7.06. The average molecular weight is 519 g/mol. The molecule has 0 spiro atoms. The summed E-state index contributed by atoms with van der Waals surface area (Å²) in [5.74, 6) is 2.46. The molecule has 0 bridgehead atoms. The monoisotopic (exact) mass is 518 g/mol. The molecule has 1 aromatic carbocycles. The Balaban J connectivity index is 1.42. The van der Waals surface area contributed by atoms with Crippen molar-refractivity contribution in [3.8, 4) is 17.1 Å². The molecule has 4 heterocycles. The molecule has 11 heteroatoms. The summed E-state index contributed by atoms with van der Waals surface area (Å²) in [5.41, 5.74) is 2.57. The van der Waals surface area contributed by atoms with Crippen molar-refractivity contribution in [3.05, 3.63) is 53.3 Å². The predicted octanol–water partition coefficient (Wildman–Crippen LogP) is 5.02. The van der Waals surface area contributed by atoms with Gasteiger partial charge in [0.2, 0.25) is 0 Å². The molecule has 10 nitrogen and oxygen atoms in total. The van der Waals surface area contributed by atoms with Crippen molar-refractivity contribution in [3.63, 3.8) is 0 Å². The molecule has 0 atom stereocenters. The van der Waals surface area contributed by atoms with Crippen LogP contribution in [0.3, 0.4) is 0 Å². The fraction of sp³-hybridized carbons (Fsp3) is 0.346. The van der Waals surface area contributed by atoms with Crippen LogP contribution in [0.5, 0.6) is 5.75 Å². The van der Waals surface area contributed by atoms with Crippen molar-refractivity contribution < 1.29 is 9.53 Å². The van der Waals surface area contributed by atoms with E-state index in [2.05, 4.69) is 41.0 Å². The molecule has 3 aromatic heterocycles. The largest absolute Gasteiger partial charge is 0.494 e. The van der Waals surface area contributed by atoms with Gasteiger partial charge in [-0.05, 0) is 55.7 Å². The second-order valence-corrected chi connectivity index (χ2v) is 9.82. The number of benzene rings is 1. The summed E-state index contributed by atoms with van der Waals surface area (Å²) in [6.07, 6.45) is 6.13. The van der Waals surface area contributed by atoms with E-state index in [1.807, 2.05) is 38.2 Å². The van der Waals surface area contributed by atoms with Crippen LogP contribution in [0.2, 0.25) is 0 Å². The number of carbonyl (C=O) groups is 1. The Morgan fingerprint density at radius 2 is 1.95 bits per heavy atom. The summed E-state index contributed by atoms with van der Waals surface area (Å²) in [6.45, 7) is 5.05. The number of methoxy groups -OCH3 is 1. The number of aryl methyl sites for hydroxylation is 1. The lowest BCUT2D eigenvalue weighted by Gasteiger charge is -2.16. The van der Waals surface area contributed by atoms with Crippen LogP contribution in [0.15, 0.2) is 42.9 Å². The van der Waals surface area contributed by atoms with E-state index in [1.54, 1.807) is 24.3 Å². The van der Waals surface area contributed by atoms with Crippen LogP contribution >= 0.6 is 11.5 Å². The van der Waals surface area contributed by atoms with Gasteiger partial charge >= 0.3 is 0 Å². The van der Waals surface area contributed by atoms with Gasteiger partial charge in [0.1, 0.15) is 18.0 Å². The number of ketones is 1. The maximum absolute atomic E-state index is 12.7. The Hall–Kier alpha value is -3.83. The van der Waals surface area contributed by atoms with Crippen molar-refractivity contribution in [2.75, 3.05) is 30.8 Å². The third kappa shape index (κ3) is 5.62. The fourth-order valence-corrected chi connectivity index (χ4v) is 5.14. The molecule has 0 amide bonds. The second kappa shape index (κ2) is 11.1. The van der Waals surface area contributed by atoms with Gasteiger partial charge in [-0.1, -0.05) is 13.0 Å². The molecule has 5 rings (SSSR count). The number of ether oxygens (including phenoxy) is 1. The van der Waals surface area contributed by atoms with Crippen molar-refractivity contribution in [1.29, 1.82) is 0 Å². The van der Waals surface area contributed by atoms with E-state index in [0.717, 1.165) is 31.0 Å². The van der Waals surface area contributed by atoms with Crippen LogP contribution in [-0.2, 0) is 13.6 Å². The van der Waals surface area contributed by atoms with Gasteiger partial charge in [-0.2, -0.15) is 9.47 Å². The summed E-state index contributed by atoms with van der Waals surface area (Å²) in [4.78, 5) is 25.3. The lowest BCUT2D eigenvalue weighted by Crippen LogP contribution is -2.17. The SMILES string of the molecule is CCC(=O)c1cnc(Nc2cc(CN3CCCC3)sn2)cc1Nc1cccc(-c2ncn(C)n2)c1OC. The fourth-order valence-electron chi connectivity index (χ4n) is 4.42. The van der Waals surface area contributed by atoms with Gasteiger partial charge < -0.3 is 15.4 Å². The normalized spacial score (nSPS) is 13.6. The van der Waals surface area contributed by atoms with Crippen LogP contribution in [0.25, 0.3) is 11.4 Å². The lowest BCUT2D eigenvalue weighted by atomic mass is 10.1. The number of hydrogen-bond donors (Lipinski definition) is 2. The Morgan fingerprint density at radius 1 is 1.11 bits per heavy atom. The smallest absolute Gasteiger partial charge is 0.184 e. The Bertz CT molecular complexity index is 1390. The zero-order valence-electron chi connectivity index (χ0n) is 21.2. The minimum absolute atomic E-state index is 0.00961. The Morgan fingerprint density at radius 3 is 2.68 bits per heavy atom. The first-order chi connectivity index (χ1) is 18.0. The minimum atomic E-state index is -0.00961. The molecule has 2 N–H and O–H groups in total. The number of aromatic nitrogens is 5. The second-order valence-electron chi connectivity index (χ2n) is 8.93. The molecular formula is C26H30N8O2S. The molecule has 4 aromatic rings. The van der Waals surface area contributed by atoms with Gasteiger partial charge in [-0.3, -0.25) is 14.4 Å². The quantitative estimate of drug-likeness (QED) is 0.280. The van der Waals surface area contributed by atoms with E-state index in [-0.39, 0.29) is 5.78 Å². The van der Waals surface area contributed by atoms with Gasteiger partial charge in [0.15, 0.2) is 17.4 Å². The number of Topliss-reactive ketones (excluding diaryl/α,β-unsaturated/α-hetero) is 1. The maximum Gasteiger partial charge on any atom is 0.184 e. The molecule has 1 saturated heterocycles. The Labute approximate surface area is 219 Å². The van der Waals surface area contributed by atoms with Gasteiger partial charge in [-0.25, -0.2) is 9.97 Å². The topological polar surface area (TPSA) is 110 Å². The van der Waals surface area contributed by atoms with E-state index in [4.69, 9.17) is 4.74 Å². The number of para-hydroxylation sites is 1. The summed E-state index contributed by atoms with van der Waals surface area (Å²) in [6, 6.07) is 9.58. The number of anilines is 4. The summed E-state index contributed by atoms with van der Waals surface area (Å²) >= 11 is 1.50. The van der Waals surface area contributed by atoms with Crippen molar-refractivity contribution in [2.45, 2.75) is 32.7 Å². The van der Waals surface area contributed by atoms with Crippen LogP contribution in [0, 0.1) is 0 Å². The van der Waals surface area contributed by atoms with Crippen molar-refractivity contribution >= 4 is 40.3 Å². The average Bonchev–Trinajstić information content (AvgIpc) is 3.67. The number of likely N-dealkylation sites (tertiary alicyclic amines) is 1. The van der Waals surface area contributed by atoms with E-state index in [9.17, 15) is 4.79 Å². The summed E-state index contributed by atoms with van der Waals surface area (Å²) < 4.78 is 11.9. The van der Waals surface area contributed by atoms with Gasteiger partial charge in [0, 0.05) is 37.2 Å². The zero-order valence-corrected chi connectivity index (χ0v) is 22.0. The van der Waals surface area contributed by atoms with Crippen molar-refractivity contribution in [2.24, 2.45) is 7.05 Å². The van der Waals surface area contributed by atoms with E-state index >= 15 is 0 Å². The van der Waals surface area contributed by atoms with Crippen LogP contribution in [0.4, 0.5) is 23.0 Å². The van der Waals surface area contributed by atoms with E-state index in [1.165, 1.54) is 29.3 Å².